The molecule has 13 heteroatoms. The zero-order chi connectivity index (χ0) is 28.7. The summed E-state index contributed by atoms with van der Waals surface area (Å²) < 4.78 is 56.5. The molecule has 1 aliphatic heterocycles. The fourth-order valence-corrected chi connectivity index (χ4v) is 4.18. The van der Waals surface area contributed by atoms with Crippen LogP contribution in [0.1, 0.15) is 55.7 Å². The van der Waals surface area contributed by atoms with E-state index >= 15 is 0 Å². The van der Waals surface area contributed by atoms with E-state index in [2.05, 4.69) is 9.97 Å². The quantitative estimate of drug-likeness (QED) is 0.500. The summed E-state index contributed by atoms with van der Waals surface area (Å²) in [6.45, 7) is 8.00. The number of halogens is 3. The molecule has 0 spiro atoms. The number of nitrogens with two attached hydrogens (primary N) is 1. The number of ether oxygens (including phenoxy) is 2. The molecule has 4 rings (SSSR count). The Kier molecular flexibility index (Phi) is 7.48. The average Bonchev–Trinajstić information content (AvgIpc) is 3.31. The molecule has 1 fully saturated rings. The van der Waals surface area contributed by atoms with Gasteiger partial charge in [-0.15, -0.1) is 0 Å². The zero-order valence-electron chi connectivity index (χ0n) is 22.3. The highest BCUT2D eigenvalue weighted by atomic mass is 19.4. The lowest BCUT2D eigenvalue weighted by Gasteiger charge is -2.35. The molecule has 0 unspecified atom stereocenters. The summed E-state index contributed by atoms with van der Waals surface area (Å²) >= 11 is 0. The largest absolute Gasteiger partial charge is 0.494 e. The van der Waals surface area contributed by atoms with Crippen LogP contribution in [0, 0.1) is 0 Å². The number of hydrogen-bond donors (Lipinski definition) is 1. The van der Waals surface area contributed by atoms with E-state index < -0.39 is 35.5 Å². The average molecular weight is 550 g/mol. The summed E-state index contributed by atoms with van der Waals surface area (Å²) in [5.74, 6) is -0.157. The monoisotopic (exact) mass is 549 g/mol. The summed E-state index contributed by atoms with van der Waals surface area (Å²) in [7, 11) is 1.33. The first-order valence-electron chi connectivity index (χ1n) is 12.3. The predicted molar refractivity (Wildman–Crippen MR) is 135 cm³/mol. The Hall–Kier alpha value is -3.87. The first-order chi connectivity index (χ1) is 18.2. The van der Waals surface area contributed by atoms with Gasteiger partial charge in [0.05, 0.1) is 13.2 Å². The number of benzene rings is 1. The van der Waals surface area contributed by atoms with Crippen LogP contribution in [0.4, 0.5) is 18.0 Å². The topological polar surface area (TPSA) is 124 Å². The van der Waals surface area contributed by atoms with Gasteiger partial charge < -0.3 is 29.4 Å². The lowest BCUT2D eigenvalue weighted by atomic mass is 10.1. The maximum Gasteiger partial charge on any atom is 0.433 e. The third kappa shape index (κ3) is 5.92. The molecule has 0 aliphatic carbocycles. The number of carbonyl (C=O) groups is 2. The molecule has 39 heavy (non-hydrogen) atoms. The van der Waals surface area contributed by atoms with Crippen LogP contribution >= 0.6 is 0 Å². The molecule has 210 valence electrons. The summed E-state index contributed by atoms with van der Waals surface area (Å²) in [5, 5.41) is 0.296. The van der Waals surface area contributed by atoms with Gasteiger partial charge in [-0.25, -0.2) is 14.8 Å². The van der Waals surface area contributed by atoms with E-state index in [-0.39, 0.29) is 54.8 Å². The van der Waals surface area contributed by atoms with Gasteiger partial charge in [0.25, 0.3) is 5.91 Å². The van der Waals surface area contributed by atoms with Gasteiger partial charge in [-0.05, 0) is 52.0 Å². The Bertz CT molecular complexity index is 1390. The Morgan fingerprint density at radius 3 is 2.23 bits per heavy atom. The second-order valence-electron chi connectivity index (χ2n) is 10.2. The van der Waals surface area contributed by atoms with Crippen LogP contribution in [0.5, 0.6) is 5.75 Å². The van der Waals surface area contributed by atoms with Gasteiger partial charge in [-0.2, -0.15) is 13.2 Å². The van der Waals surface area contributed by atoms with E-state index in [9.17, 15) is 22.8 Å². The minimum atomic E-state index is -4.65. The van der Waals surface area contributed by atoms with E-state index in [1.165, 1.54) is 29.0 Å². The third-order valence-electron chi connectivity index (χ3n) is 6.05. The minimum Gasteiger partial charge on any atom is -0.494 e. The molecule has 3 aromatic rings. The SMILES string of the molecule is COc1ccc(-c2nc(C(=O)N3CCN(C(=O)OC(C)(C)C)CC3)c([C@@H](C)N)o2)c2ccc(C(F)(F)F)nc12. The fourth-order valence-electron chi connectivity index (χ4n) is 4.18. The number of pyridine rings is 1. The highest BCUT2D eigenvalue weighted by Crippen LogP contribution is 2.37. The number of alkyl halides is 3. The lowest BCUT2D eigenvalue weighted by Crippen LogP contribution is -2.51. The number of fused-ring (bicyclic) bond motifs is 1. The molecule has 0 bridgehead atoms. The molecule has 3 heterocycles. The molecule has 1 saturated heterocycles. The second kappa shape index (κ2) is 10.4. The van der Waals surface area contributed by atoms with Crippen molar-refractivity contribution < 1.29 is 36.7 Å². The first-order valence-corrected chi connectivity index (χ1v) is 12.3. The molecule has 1 aliphatic rings. The minimum absolute atomic E-state index is 0.00504. The summed E-state index contributed by atoms with van der Waals surface area (Å²) in [6, 6.07) is 4.44. The van der Waals surface area contributed by atoms with E-state index in [0.29, 0.717) is 10.9 Å². The van der Waals surface area contributed by atoms with Crippen molar-refractivity contribution in [3.63, 3.8) is 0 Å². The van der Waals surface area contributed by atoms with Crippen LogP contribution in [0.15, 0.2) is 28.7 Å². The van der Waals surface area contributed by atoms with Crippen molar-refractivity contribution in [3.8, 4) is 17.2 Å². The van der Waals surface area contributed by atoms with Crippen LogP contribution in [0.2, 0.25) is 0 Å². The maximum absolute atomic E-state index is 13.4. The van der Waals surface area contributed by atoms with Gasteiger partial charge >= 0.3 is 12.3 Å². The van der Waals surface area contributed by atoms with Gasteiger partial charge in [0, 0.05) is 37.1 Å². The van der Waals surface area contributed by atoms with E-state index in [4.69, 9.17) is 19.6 Å². The van der Waals surface area contributed by atoms with Crippen LogP contribution < -0.4 is 10.5 Å². The van der Waals surface area contributed by atoms with Gasteiger partial charge in [-0.1, -0.05) is 0 Å². The highest BCUT2D eigenvalue weighted by Gasteiger charge is 2.34. The van der Waals surface area contributed by atoms with Crippen LogP contribution in [0.25, 0.3) is 22.4 Å². The van der Waals surface area contributed by atoms with Crippen LogP contribution in [-0.2, 0) is 10.9 Å². The molecular weight excluding hydrogens is 519 g/mol. The van der Waals surface area contributed by atoms with E-state index in [1.54, 1.807) is 33.8 Å². The van der Waals surface area contributed by atoms with E-state index in [0.717, 1.165) is 6.07 Å². The number of methoxy groups -OCH3 is 1. The smallest absolute Gasteiger partial charge is 0.433 e. The maximum atomic E-state index is 13.4. The van der Waals surface area contributed by atoms with E-state index in [1.807, 2.05) is 0 Å². The molecule has 2 aromatic heterocycles. The number of nitrogens with zero attached hydrogens (tertiary/aromatic N) is 4. The summed E-state index contributed by atoms with van der Waals surface area (Å²) in [5.41, 5.74) is 4.66. The van der Waals surface area contributed by atoms with Crippen LogP contribution in [-0.4, -0.2) is 70.7 Å². The summed E-state index contributed by atoms with van der Waals surface area (Å²) in [6.07, 6.45) is -5.10. The van der Waals surface area contributed by atoms with Crippen LogP contribution in [0.3, 0.4) is 0 Å². The summed E-state index contributed by atoms with van der Waals surface area (Å²) in [4.78, 5) is 37.1. The molecule has 10 nitrogen and oxygen atoms in total. The Labute approximate surface area is 222 Å². The molecule has 0 radical (unpaired) electrons. The van der Waals surface area contributed by atoms with Gasteiger partial charge in [0.15, 0.2) is 11.5 Å². The van der Waals surface area contributed by atoms with Crippen molar-refractivity contribution in [2.24, 2.45) is 5.73 Å². The fraction of sp³-hybridized carbons (Fsp3) is 0.462. The molecule has 2 amide bonds. The number of aromatic nitrogens is 2. The molecule has 1 aromatic carbocycles. The van der Waals surface area contributed by atoms with Crippen molar-refractivity contribution in [2.45, 2.75) is 45.5 Å². The van der Waals surface area contributed by atoms with Crippen molar-refractivity contribution in [3.05, 3.63) is 41.4 Å². The zero-order valence-corrected chi connectivity index (χ0v) is 22.3. The van der Waals surface area contributed by atoms with Gasteiger partial charge in [0.1, 0.15) is 22.6 Å². The Balaban J connectivity index is 1.65. The molecule has 1 atom stereocenters. The lowest BCUT2D eigenvalue weighted by molar-refractivity contribution is -0.140. The normalized spacial score (nSPS) is 15.4. The Morgan fingerprint density at radius 2 is 1.67 bits per heavy atom. The first kappa shape index (κ1) is 28.1. The van der Waals surface area contributed by atoms with Crippen molar-refractivity contribution in [1.82, 2.24) is 19.8 Å². The number of rotatable bonds is 4. The molecular formula is C26H30F3N5O5. The number of carbonyl (C=O) groups excluding carboxylic acids is 2. The molecule has 2 N–H and O–H groups in total. The third-order valence-corrected chi connectivity index (χ3v) is 6.05. The van der Waals surface area contributed by atoms with Crippen molar-refractivity contribution in [1.29, 1.82) is 0 Å². The number of hydrogen-bond acceptors (Lipinski definition) is 8. The van der Waals surface area contributed by atoms with Gasteiger partial charge in [0.2, 0.25) is 5.89 Å². The number of piperazine rings is 1. The molecule has 0 saturated carbocycles. The predicted octanol–water partition coefficient (Wildman–Crippen LogP) is 4.63. The van der Waals surface area contributed by atoms with Crippen molar-refractivity contribution >= 4 is 22.9 Å². The standard InChI is InChI=1S/C26H30F3N5O5/c1-14(30)21-20(23(35)33-10-12-34(13-11-33)24(36)39-25(2,3)4)32-22(38-21)16-6-8-17(37-5)19-15(16)7-9-18(31-19)26(27,28)29/h6-9,14H,10-13,30H2,1-5H3/t14-/m1/s1. The van der Waals surface area contributed by atoms with Gasteiger partial charge in [-0.3, -0.25) is 4.79 Å². The van der Waals surface area contributed by atoms with Crippen molar-refractivity contribution in [2.75, 3.05) is 33.3 Å². The Morgan fingerprint density at radius 1 is 1.03 bits per heavy atom. The number of oxazole rings is 1. The number of amides is 2. The highest BCUT2D eigenvalue weighted by molar-refractivity contribution is 5.98. The second-order valence-corrected chi connectivity index (χ2v) is 10.2.